The molecule has 4 aromatic rings. The minimum Gasteiger partial charge on any atom is -0.480 e. The monoisotopic (exact) mass is 506 g/mol. The number of alkyl carbamates (subject to hydrolysis) is 1. The van der Waals surface area contributed by atoms with E-state index in [-0.39, 0.29) is 18.9 Å². The Labute approximate surface area is 219 Å². The van der Waals surface area contributed by atoms with E-state index in [4.69, 9.17) is 10.5 Å². The largest absolute Gasteiger partial charge is 0.480 e. The Bertz CT molecular complexity index is 1470. The number of rotatable bonds is 8. The van der Waals surface area contributed by atoms with Crippen molar-refractivity contribution < 1.29 is 24.2 Å². The third-order valence-corrected chi connectivity index (χ3v) is 6.81. The number of nitrogens with two attached hydrogens (primary N) is 1. The lowest BCUT2D eigenvalue weighted by atomic mass is 9.98. The number of aliphatic carboxylic acids is 1. The average Bonchev–Trinajstić information content (AvgIpc) is 3.25. The van der Waals surface area contributed by atoms with Crippen molar-refractivity contribution in [2.24, 2.45) is 5.73 Å². The Kier molecular flexibility index (Phi) is 6.91. The Balaban J connectivity index is 1.23. The molecule has 38 heavy (non-hydrogen) atoms. The summed E-state index contributed by atoms with van der Waals surface area (Å²) in [6.07, 6.45) is -0.694. The molecule has 0 radical (unpaired) electrons. The summed E-state index contributed by atoms with van der Waals surface area (Å²) in [6.45, 7) is 0.102. The third kappa shape index (κ3) is 5.13. The standard InChI is InChI=1S/C31H26N2O5/c32-29(34)22-7-5-6-21(17-22)20-14-12-19(13-15-20)16-28(30(35)36)33-31(37)38-18-27-25-10-3-1-8-23(25)24-9-2-4-11-26(24)27/h1-15,17,27-28H,16,18H2,(H2,32,34)(H,33,37)(H,35,36)/t28-/m1/s1. The van der Waals surface area contributed by atoms with Crippen molar-refractivity contribution in [1.29, 1.82) is 0 Å². The van der Waals surface area contributed by atoms with Gasteiger partial charge < -0.3 is 20.9 Å². The van der Waals surface area contributed by atoms with E-state index in [0.717, 1.165) is 38.9 Å². The minimum absolute atomic E-state index is 0.0845. The van der Waals surface area contributed by atoms with Crippen LogP contribution in [-0.4, -0.2) is 35.7 Å². The number of carbonyl (C=O) groups excluding carboxylic acids is 2. The highest BCUT2D eigenvalue weighted by Crippen LogP contribution is 2.44. The summed E-state index contributed by atoms with van der Waals surface area (Å²) < 4.78 is 5.51. The smallest absolute Gasteiger partial charge is 0.407 e. The Morgan fingerprint density at radius 2 is 1.45 bits per heavy atom. The molecule has 0 spiro atoms. The number of carbonyl (C=O) groups is 3. The van der Waals surface area contributed by atoms with Crippen molar-refractivity contribution in [3.05, 3.63) is 119 Å². The number of nitrogens with one attached hydrogen (secondary N) is 1. The van der Waals surface area contributed by atoms with Gasteiger partial charge in [-0.05, 0) is 51.1 Å². The molecule has 5 rings (SSSR count). The van der Waals surface area contributed by atoms with Gasteiger partial charge in [-0.15, -0.1) is 0 Å². The van der Waals surface area contributed by atoms with Crippen LogP contribution in [0.15, 0.2) is 97.1 Å². The lowest BCUT2D eigenvalue weighted by Crippen LogP contribution is -2.42. The van der Waals surface area contributed by atoms with Crippen LogP contribution < -0.4 is 11.1 Å². The van der Waals surface area contributed by atoms with E-state index in [1.807, 2.05) is 54.6 Å². The Morgan fingerprint density at radius 1 is 0.816 bits per heavy atom. The van der Waals surface area contributed by atoms with Gasteiger partial charge in [0.15, 0.2) is 0 Å². The zero-order valence-electron chi connectivity index (χ0n) is 20.5. The zero-order chi connectivity index (χ0) is 26.6. The summed E-state index contributed by atoms with van der Waals surface area (Å²) in [4.78, 5) is 36.0. The summed E-state index contributed by atoms with van der Waals surface area (Å²) >= 11 is 0. The van der Waals surface area contributed by atoms with E-state index >= 15 is 0 Å². The lowest BCUT2D eigenvalue weighted by molar-refractivity contribution is -0.139. The van der Waals surface area contributed by atoms with Crippen molar-refractivity contribution in [3.8, 4) is 22.3 Å². The highest BCUT2D eigenvalue weighted by atomic mass is 16.5. The van der Waals surface area contributed by atoms with Crippen molar-refractivity contribution in [2.45, 2.75) is 18.4 Å². The number of ether oxygens (including phenoxy) is 1. The Morgan fingerprint density at radius 3 is 2.05 bits per heavy atom. The van der Waals surface area contributed by atoms with Gasteiger partial charge in [0, 0.05) is 17.9 Å². The molecule has 4 N–H and O–H groups in total. The van der Waals surface area contributed by atoms with Crippen LogP contribution in [0.2, 0.25) is 0 Å². The van der Waals surface area contributed by atoms with Gasteiger partial charge >= 0.3 is 12.1 Å². The highest BCUT2D eigenvalue weighted by molar-refractivity contribution is 5.94. The number of benzene rings is 4. The van der Waals surface area contributed by atoms with Gasteiger partial charge in [-0.2, -0.15) is 0 Å². The molecular formula is C31H26N2O5. The van der Waals surface area contributed by atoms with Crippen LogP contribution in [0.3, 0.4) is 0 Å². The second-order valence-corrected chi connectivity index (χ2v) is 9.21. The van der Waals surface area contributed by atoms with Gasteiger partial charge in [-0.3, -0.25) is 4.79 Å². The van der Waals surface area contributed by atoms with Crippen LogP contribution in [0.4, 0.5) is 4.79 Å². The normalized spacial score (nSPS) is 12.7. The van der Waals surface area contributed by atoms with Crippen LogP contribution in [0.5, 0.6) is 0 Å². The van der Waals surface area contributed by atoms with Gasteiger partial charge in [0.25, 0.3) is 0 Å². The quantitative estimate of drug-likeness (QED) is 0.311. The van der Waals surface area contributed by atoms with Crippen molar-refractivity contribution >= 4 is 18.0 Å². The first-order chi connectivity index (χ1) is 18.4. The molecule has 0 aromatic heterocycles. The van der Waals surface area contributed by atoms with Crippen molar-refractivity contribution in [2.75, 3.05) is 6.61 Å². The van der Waals surface area contributed by atoms with E-state index in [2.05, 4.69) is 17.4 Å². The molecular weight excluding hydrogens is 480 g/mol. The van der Waals surface area contributed by atoms with Crippen LogP contribution in [0.1, 0.15) is 33.0 Å². The third-order valence-electron chi connectivity index (χ3n) is 6.81. The molecule has 7 heteroatoms. The zero-order valence-corrected chi connectivity index (χ0v) is 20.5. The first-order valence-corrected chi connectivity index (χ1v) is 12.2. The maximum Gasteiger partial charge on any atom is 0.407 e. The molecule has 0 saturated heterocycles. The molecule has 4 aromatic carbocycles. The number of carboxylic acid groups (broad SMARTS) is 1. The average molecular weight is 507 g/mol. The fourth-order valence-electron chi connectivity index (χ4n) is 4.90. The van der Waals surface area contributed by atoms with E-state index in [1.165, 1.54) is 0 Å². The summed E-state index contributed by atoms with van der Waals surface area (Å²) in [5, 5.41) is 12.2. The molecule has 1 aliphatic rings. The fraction of sp³-hybridized carbons (Fsp3) is 0.129. The summed E-state index contributed by atoms with van der Waals surface area (Å²) in [5.74, 6) is -1.78. The number of primary amides is 1. The first kappa shape index (κ1) is 24.8. The van der Waals surface area contributed by atoms with E-state index < -0.39 is 24.0 Å². The predicted octanol–water partition coefficient (Wildman–Crippen LogP) is 4.99. The molecule has 1 atom stereocenters. The van der Waals surface area contributed by atoms with Crippen molar-refractivity contribution in [1.82, 2.24) is 5.32 Å². The number of carboxylic acids is 1. The minimum atomic E-state index is -1.16. The summed E-state index contributed by atoms with van der Waals surface area (Å²) in [6, 6.07) is 29.1. The van der Waals surface area contributed by atoms with Gasteiger partial charge in [0.1, 0.15) is 12.6 Å². The van der Waals surface area contributed by atoms with Crippen LogP contribution in [0.25, 0.3) is 22.3 Å². The molecule has 0 fully saturated rings. The second kappa shape index (κ2) is 10.6. The maximum atomic E-state index is 12.6. The Hall–Kier alpha value is -4.91. The van der Waals surface area contributed by atoms with Crippen LogP contribution in [-0.2, 0) is 16.0 Å². The SMILES string of the molecule is NC(=O)c1cccc(-c2ccc(C[C@@H](NC(=O)OCC3c4ccccc4-c4ccccc43)C(=O)O)cc2)c1. The molecule has 1 aliphatic carbocycles. The molecule has 2 amide bonds. The van der Waals surface area contributed by atoms with E-state index in [9.17, 15) is 19.5 Å². The molecule has 0 aliphatic heterocycles. The van der Waals surface area contributed by atoms with Gasteiger partial charge in [-0.25, -0.2) is 9.59 Å². The molecule has 7 nitrogen and oxygen atoms in total. The van der Waals surface area contributed by atoms with Crippen molar-refractivity contribution in [3.63, 3.8) is 0 Å². The van der Waals surface area contributed by atoms with Gasteiger partial charge in [-0.1, -0.05) is 84.9 Å². The molecule has 190 valence electrons. The second-order valence-electron chi connectivity index (χ2n) is 9.21. The summed E-state index contributed by atoms with van der Waals surface area (Å²) in [7, 11) is 0. The number of fused-ring (bicyclic) bond motifs is 3. The predicted molar refractivity (Wildman–Crippen MR) is 144 cm³/mol. The molecule has 0 bridgehead atoms. The van der Waals surface area contributed by atoms with Gasteiger partial charge in [0.2, 0.25) is 5.91 Å². The number of hydrogen-bond donors (Lipinski definition) is 3. The maximum absolute atomic E-state index is 12.6. The highest BCUT2D eigenvalue weighted by Gasteiger charge is 2.29. The number of hydrogen-bond acceptors (Lipinski definition) is 4. The summed E-state index contributed by atoms with van der Waals surface area (Å²) in [5.41, 5.74) is 12.6. The molecule has 0 saturated carbocycles. The van der Waals surface area contributed by atoms with E-state index in [0.29, 0.717) is 5.56 Å². The topological polar surface area (TPSA) is 119 Å². The fourth-order valence-corrected chi connectivity index (χ4v) is 4.90. The molecule has 0 heterocycles. The van der Waals surface area contributed by atoms with Crippen LogP contribution in [0, 0.1) is 0 Å². The van der Waals surface area contributed by atoms with Crippen LogP contribution >= 0.6 is 0 Å². The molecule has 0 unspecified atom stereocenters. The van der Waals surface area contributed by atoms with E-state index in [1.54, 1.807) is 30.3 Å². The lowest BCUT2D eigenvalue weighted by Gasteiger charge is -2.17. The first-order valence-electron chi connectivity index (χ1n) is 12.2. The van der Waals surface area contributed by atoms with Gasteiger partial charge in [0.05, 0.1) is 0 Å². The number of amides is 2.